The predicted molar refractivity (Wildman–Crippen MR) is 68.1 cm³/mol. The van der Waals surface area contributed by atoms with Gasteiger partial charge < -0.3 is 4.55 Å². The zero-order valence-electron chi connectivity index (χ0n) is 14.4. The predicted octanol–water partition coefficient (Wildman–Crippen LogP) is 1.98. The standard InChI is InChI=1S/C12H15F11O3S.Li/c1-2-3-4-5-6-7(13)8(14,15)9(16,17)10(18,19)11(20,21)12(22,23)27(24,25)26;/h7H,2-6H2,1H3,(H,24,25,26);/q;+1/p-1. The van der Waals surface area contributed by atoms with Crippen molar-refractivity contribution in [3.05, 3.63) is 0 Å². The molecule has 0 amide bonds. The van der Waals surface area contributed by atoms with Gasteiger partial charge in [0.15, 0.2) is 16.3 Å². The smallest absolute Gasteiger partial charge is 0.743 e. The molecule has 0 radical (unpaired) electrons. The van der Waals surface area contributed by atoms with Crippen LogP contribution < -0.4 is 18.9 Å². The fourth-order valence-electron chi connectivity index (χ4n) is 1.87. The van der Waals surface area contributed by atoms with Gasteiger partial charge in [0.25, 0.3) is 0 Å². The molecular formula is C12H14F11LiO3S. The van der Waals surface area contributed by atoms with Gasteiger partial charge in [-0.1, -0.05) is 32.6 Å². The molecule has 3 nitrogen and oxygen atoms in total. The van der Waals surface area contributed by atoms with Gasteiger partial charge in [0.2, 0.25) is 0 Å². The molecule has 0 aliphatic rings. The molecule has 0 aromatic carbocycles. The van der Waals surface area contributed by atoms with Crippen LogP contribution in [0.25, 0.3) is 0 Å². The van der Waals surface area contributed by atoms with Crippen molar-refractivity contribution in [2.24, 2.45) is 0 Å². The Kier molecular flexibility index (Phi) is 9.90. The van der Waals surface area contributed by atoms with Crippen molar-refractivity contribution in [2.75, 3.05) is 0 Å². The molecule has 1 unspecified atom stereocenters. The Bertz CT molecular complexity index is 610. The summed E-state index contributed by atoms with van der Waals surface area (Å²) < 4.78 is 175. The van der Waals surface area contributed by atoms with Crippen LogP contribution in [0.1, 0.15) is 39.0 Å². The Hall–Kier alpha value is -0.263. The molecule has 16 heteroatoms. The molecule has 0 saturated heterocycles. The fraction of sp³-hybridized carbons (Fsp3) is 1.00. The number of unbranched alkanes of at least 4 members (excludes halogenated alkanes) is 3. The Balaban J connectivity index is 0. The average Bonchev–Trinajstić information content (AvgIpc) is 2.49. The molecular weight excluding hydrogens is 440 g/mol. The van der Waals surface area contributed by atoms with Crippen LogP contribution in [0.2, 0.25) is 0 Å². The summed E-state index contributed by atoms with van der Waals surface area (Å²) in [5, 5.41) is -7.38. The maximum absolute atomic E-state index is 13.4. The summed E-state index contributed by atoms with van der Waals surface area (Å²) in [4.78, 5) is 0. The van der Waals surface area contributed by atoms with E-state index in [0.29, 0.717) is 12.8 Å². The Morgan fingerprint density at radius 1 is 0.786 bits per heavy atom. The Labute approximate surface area is 165 Å². The zero-order chi connectivity index (χ0) is 22.1. The second-order valence-electron chi connectivity index (χ2n) is 5.63. The van der Waals surface area contributed by atoms with Crippen LogP contribution in [-0.4, -0.2) is 48.1 Å². The Morgan fingerprint density at radius 3 is 1.57 bits per heavy atom. The van der Waals surface area contributed by atoms with E-state index in [2.05, 4.69) is 0 Å². The topological polar surface area (TPSA) is 57.2 Å². The number of rotatable bonds is 11. The van der Waals surface area contributed by atoms with Crippen molar-refractivity contribution in [1.29, 1.82) is 0 Å². The molecule has 0 N–H and O–H groups in total. The van der Waals surface area contributed by atoms with E-state index in [1.165, 1.54) is 0 Å². The third kappa shape index (κ3) is 4.89. The minimum Gasteiger partial charge on any atom is -0.743 e. The first-order valence-electron chi connectivity index (χ1n) is 7.22. The third-order valence-electron chi connectivity index (χ3n) is 3.59. The van der Waals surface area contributed by atoms with Crippen molar-refractivity contribution in [1.82, 2.24) is 0 Å². The molecule has 1 atom stereocenters. The Morgan fingerprint density at radius 2 is 1.21 bits per heavy atom. The molecule has 28 heavy (non-hydrogen) atoms. The van der Waals surface area contributed by atoms with Gasteiger partial charge in [-0.15, -0.1) is 0 Å². The first-order chi connectivity index (χ1) is 11.7. The number of halogens is 11. The van der Waals surface area contributed by atoms with E-state index in [-0.39, 0.29) is 25.3 Å². The van der Waals surface area contributed by atoms with E-state index in [0.717, 1.165) is 0 Å². The average molecular weight is 454 g/mol. The molecule has 164 valence electrons. The minimum absolute atomic E-state index is 0. The van der Waals surface area contributed by atoms with Gasteiger partial charge in [-0.3, -0.25) is 0 Å². The zero-order valence-corrected chi connectivity index (χ0v) is 15.2. The molecule has 0 aromatic rings. The summed E-state index contributed by atoms with van der Waals surface area (Å²) in [6, 6.07) is 0. The monoisotopic (exact) mass is 454 g/mol. The number of hydrogen-bond acceptors (Lipinski definition) is 3. The van der Waals surface area contributed by atoms with Gasteiger partial charge in [0.05, 0.1) is 0 Å². The van der Waals surface area contributed by atoms with Crippen molar-refractivity contribution in [3.63, 3.8) is 0 Å². The molecule has 0 fully saturated rings. The molecule has 0 rings (SSSR count). The van der Waals surface area contributed by atoms with Crippen molar-refractivity contribution in [2.45, 2.75) is 74.1 Å². The van der Waals surface area contributed by atoms with Gasteiger partial charge in [0.1, 0.15) is 0 Å². The van der Waals surface area contributed by atoms with Crippen LogP contribution in [0.3, 0.4) is 0 Å². The molecule has 0 aromatic heterocycles. The number of alkyl halides is 11. The van der Waals surface area contributed by atoms with Gasteiger partial charge in [-0.05, 0) is 6.42 Å². The summed E-state index contributed by atoms with van der Waals surface area (Å²) >= 11 is 0. The van der Waals surface area contributed by atoms with E-state index in [1.54, 1.807) is 6.92 Å². The maximum Gasteiger partial charge on any atom is 1.00 e. The van der Waals surface area contributed by atoms with E-state index in [4.69, 9.17) is 0 Å². The first kappa shape index (κ1) is 29.9. The summed E-state index contributed by atoms with van der Waals surface area (Å²) in [5.74, 6) is -29.6. The fourth-order valence-corrected chi connectivity index (χ4v) is 2.32. The summed E-state index contributed by atoms with van der Waals surface area (Å²) in [6.45, 7) is 1.61. The second kappa shape index (κ2) is 9.26. The normalized spacial score (nSPS) is 15.9. The quantitative estimate of drug-likeness (QED) is 0.208. The van der Waals surface area contributed by atoms with Crippen LogP contribution in [-0.2, 0) is 10.1 Å². The van der Waals surface area contributed by atoms with E-state index in [1.807, 2.05) is 0 Å². The molecule has 0 spiro atoms. The maximum atomic E-state index is 13.4. The molecule has 0 saturated carbocycles. The largest absolute Gasteiger partial charge is 1.00 e. The van der Waals surface area contributed by atoms with Crippen LogP contribution in [0.4, 0.5) is 48.3 Å². The van der Waals surface area contributed by atoms with E-state index in [9.17, 15) is 61.3 Å². The van der Waals surface area contributed by atoms with Crippen molar-refractivity contribution >= 4 is 10.1 Å². The van der Waals surface area contributed by atoms with E-state index < -0.39 is 58.1 Å². The molecule has 0 aliphatic heterocycles. The number of hydrogen-bond donors (Lipinski definition) is 0. The van der Waals surface area contributed by atoms with Gasteiger partial charge in [-0.25, -0.2) is 12.8 Å². The summed E-state index contributed by atoms with van der Waals surface area (Å²) in [6.07, 6.45) is -5.36. The molecule has 0 aliphatic carbocycles. The third-order valence-corrected chi connectivity index (χ3v) is 4.48. The summed E-state index contributed by atoms with van der Waals surface area (Å²) in [5.41, 5.74) is 0. The van der Waals surface area contributed by atoms with Crippen molar-refractivity contribution < 1.29 is 80.1 Å². The molecule has 0 heterocycles. The second-order valence-corrected chi connectivity index (χ2v) is 7.05. The van der Waals surface area contributed by atoms with Crippen LogP contribution in [0, 0.1) is 0 Å². The van der Waals surface area contributed by atoms with Gasteiger partial charge in [-0.2, -0.15) is 43.9 Å². The first-order valence-corrected chi connectivity index (χ1v) is 8.62. The summed E-state index contributed by atoms with van der Waals surface area (Å²) in [7, 11) is -7.68. The minimum atomic E-state index is -7.79. The van der Waals surface area contributed by atoms with Crippen LogP contribution >= 0.6 is 0 Å². The SMILES string of the molecule is CCCCCCC(F)C(F)(F)C(F)(F)C(F)(F)C(F)(F)C(F)(F)S(=O)(=O)[O-].[Li+]. The van der Waals surface area contributed by atoms with Crippen LogP contribution in [0.5, 0.6) is 0 Å². The van der Waals surface area contributed by atoms with E-state index >= 15 is 0 Å². The molecule has 0 bridgehead atoms. The van der Waals surface area contributed by atoms with Crippen molar-refractivity contribution in [3.8, 4) is 0 Å². The van der Waals surface area contributed by atoms with Crippen LogP contribution in [0.15, 0.2) is 0 Å². The van der Waals surface area contributed by atoms with Gasteiger partial charge >= 0.3 is 47.8 Å². The van der Waals surface area contributed by atoms with Gasteiger partial charge in [0, 0.05) is 0 Å².